The fraction of sp³-hybridized carbons (Fsp3) is 0.625. The minimum atomic E-state index is -0.375. The van der Waals surface area contributed by atoms with Crippen molar-refractivity contribution in [3.8, 4) is 0 Å². The molecule has 112 valence electrons. The minimum absolute atomic E-state index is 0.375. The van der Waals surface area contributed by atoms with Crippen LogP contribution in [0.25, 0.3) is 0 Å². The van der Waals surface area contributed by atoms with E-state index in [1.807, 2.05) is 24.3 Å². The highest BCUT2D eigenvalue weighted by atomic mass is 79.9. The van der Waals surface area contributed by atoms with E-state index in [1.54, 1.807) is 0 Å². The Balaban J connectivity index is 1.71. The normalized spacial score (nSPS) is 18.4. The summed E-state index contributed by atoms with van der Waals surface area (Å²) in [5.41, 5.74) is 0.993. The number of hydrogen-bond donors (Lipinski definition) is 1. The van der Waals surface area contributed by atoms with Crippen LogP contribution in [0, 0.1) is 5.92 Å². The van der Waals surface area contributed by atoms with E-state index in [0.717, 1.165) is 48.7 Å². The van der Waals surface area contributed by atoms with Gasteiger partial charge in [-0.2, -0.15) is 0 Å². The second-order valence-electron chi connectivity index (χ2n) is 5.67. The molecule has 1 fully saturated rings. The van der Waals surface area contributed by atoms with Crippen LogP contribution < -0.4 is 0 Å². The fourth-order valence-electron chi connectivity index (χ4n) is 2.66. The predicted octanol–water partition coefficient (Wildman–Crippen LogP) is 3.23. The van der Waals surface area contributed by atoms with Gasteiger partial charge in [0, 0.05) is 30.8 Å². The molecule has 1 aliphatic rings. The highest BCUT2D eigenvalue weighted by Crippen LogP contribution is 2.20. The molecule has 1 unspecified atom stereocenters. The topological polar surface area (TPSA) is 32.7 Å². The third kappa shape index (κ3) is 5.17. The first kappa shape index (κ1) is 16.0. The molecule has 0 bridgehead atoms. The Hall–Kier alpha value is -0.420. The number of hydrogen-bond acceptors (Lipinski definition) is 3. The Morgan fingerprint density at radius 3 is 2.60 bits per heavy atom. The van der Waals surface area contributed by atoms with Crippen LogP contribution in [0.15, 0.2) is 28.7 Å². The Morgan fingerprint density at radius 2 is 1.95 bits per heavy atom. The zero-order valence-electron chi connectivity index (χ0n) is 12.1. The summed E-state index contributed by atoms with van der Waals surface area (Å²) in [5.74, 6) is 0.749. The predicted molar refractivity (Wildman–Crippen MR) is 84.8 cm³/mol. The van der Waals surface area contributed by atoms with Gasteiger partial charge in [0.15, 0.2) is 0 Å². The average Bonchev–Trinajstić information content (AvgIpc) is 2.46. The number of aliphatic hydroxyl groups is 1. The largest absolute Gasteiger partial charge is 0.388 e. The zero-order valence-corrected chi connectivity index (χ0v) is 13.7. The molecule has 0 aromatic heterocycles. The summed E-state index contributed by atoms with van der Waals surface area (Å²) in [7, 11) is 2.14. The molecular weight excluding hydrogens is 318 g/mol. The first-order valence-corrected chi connectivity index (χ1v) is 8.14. The maximum atomic E-state index is 10.2. The van der Waals surface area contributed by atoms with Gasteiger partial charge in [0.25, 0.3) is 0 Å². The Labute approximate surface area is 130 Å². The van der Waals surface area contributed by atoms with Crippen molar-refractivity contribution in [2.24, 2.45) is 5.92 Å². The summed E-state index contributed by atoms with van der Waals surface area (Å²) < 4.78 is 6.43. The highest BCUT2D eigenvalue weighted by Gasteiger charge is 2.16. The van der Waals surface area contributed by atoms with Gasteiger partial charge in [-0.05, 0) is 49.9 Å². The van der Waals surface area contributed by atoms with E-state index in [0.29, 0.717) is 0 Å². The summed E-state index contributed by atoms with van der Waals surface area (Å²) in [5, 5.41) is 10.2. The molecular formula is C16H24BrNO2. The van der Waals surface area contributed by atoms with Gasteiger partial charge in [0.1, 0.15) is 0 Å². The van der Waals surface area contributed by atoms with Crippen LogP contribution >= 0.6 is 15.9 Å². The molecule has 0 amide bonds. The smallest absolute Gasteiger partial charge is 0.0802 e. The first-order chi connectivity index (χ1) is 9.65. The lowest BCUT2D eigenvalue weighted by atomic mass is 9.99. The van der Waals surface area contributed by atoms with Gasteiger partial charge in [0.05, 0.1) is 6.10 Å². The molecule has 1 aromatic carbocycles. The van der Waals surface area contributed by atoms with Gasteiger partial charge in [-0.3, -0.25) is 0 Å². The second kappa shape index (κ2) is 8.13. The molecule has 1 aliphatic heterocycles. The van der Waals surface area contributed by atoms with E-state index in [2.05, 4.69) is 27.9 Å². The maximum absolute atomic E-state index is 10.2. The van der Waals surface area contributed by atoms with Crippen LogP contribution in [0.1, 0.15) is 30.9 Å². The van der Waals surface area contributed by atoms with E-state index in [-0.39, 0.29) is 6.10 Å². The van der Waals surface area contributed by atoms with Gasteiger partial charge in [0.2, 0.25) is 0 Å². The lowest BCUT2D eigenvalue weighted by Crippen LogP contribution is -2.30. The molecule has 0 aliphatic carbocycles. The van der Waals surface area contributed by atoms with Gasteiger partial charge in [-0.25, -0.2) is 0 Å². The number of benzene rings is 1. The van der Waals surface area contributed by atoms with Gasteiger partial charge < -0.3 is 14.7 Å². The van der Waals surface area contributed by atoms with Crippen molar-refractivity contribution in [1.29, 1.82) is 0 Å². The lowest BCUT2D eigenvalue weighted by Gasteiger charge is -2.27. The number of nitrogens with zero attached hydrogens (tertiary/aromatic N) is 1. The number of aliphatic hydroxyl groups excluding tert-OH is 1. The van der Waals surface area contributed by atoms with Crippen LogP contribution in [0.2, 0.25) is 0 Å². The number of halogens is 1. The quantitative estimate of drug-likeness (QED) is 0.862. The van der Waals surface area contributed by atoms with Crippen molar-refractivity contribution >= 4 is 15.9 Å². The Morgan fingerprint density at radius 1 is 1.30 bits per heavy atom. The van der Waals surface area contributed by atoms with E-state index in [1.165, 1.54) is 12.8 Å². The lowest BCUT2D eigenvalue weighted by molar-refractivity contribution is 0.0534. The molecule has 1 N–H and O–H groups in total. The van der Waals surface area contributed by atoms with E-state index in [4.69, 9.17) is 4.74 Å². The van der Waals surface area contributed by atoms with Gasteiger partial charge in [-0.15, -0.1) is 0 Å². The number of ether oxygens (including phenoxy) is 1. The average molecular weight is 342 g/mol. The summed E-state index contributed by atoms with van der Waals surface area (Å²) in [6.07, 6.45) is 2.74. The maximum Gasteiger partial charge on any atom is 0.0802 e. The fourth-order valence-corrected chi connectivity index (χ4v) is 2.92. The highest BCUT2D eigenvalue weighted by molar-refractivity contribution is 9.10. The molecule has 0 saturated carbocycles. The third-order valence-electron chi connectivity index (χ3n) is 3.95. The summed E-state index contributed by atoms with van der Waals surface area (Å²) in [4.78, 5) is 2.33. The van der Waals surface area contributed by atoms with Crippen LogP contribution in [-0.2, 0) is 4.74 Å². The third-order valence-corrected chi connectivity index (χ3v) is 4.48. The molecule has 1 aromatic rings. The van der Waals surface area contributed by atoms with Crippen molar-refractivity contribution in [2.75, 3.05) is 33.4 Å². The summed E-state index contributed by atoms with van der Waals surface area (Å²) in [6, 6.07) is 7.91. The Kier molecular flexibility index (Phi) is 6.49. The van der Waals surface area contributed by atoms with Crippen molar-refractivity contribution in [3.05, 3.63) is 34.3 Å². The van der Waals surface area contributed by atoms with Crippen LogP contribution in [0.3, 0.4) is 0 Å². The molecule has 4 heteroatoms. The van der Waals surface area contributed by atoms with Crippen molar-refractivity contribution in [2.45, 2.75) is 25.4 Å². The monoisotopic (exact) mass is 341 g/mol. The Bertz CT molecular complexity index is 390. The zero-order chi connectivity index (χ0) is 14.4. The van der Waals surface area contributed by atoms with E-state index >= 15 is 0 Å². The molecule has 0 radical (unpaired) electrons. The molecule has 0 spiro atoms. The van der Waals surface area contributed by atoms with Gasteiger partial charge >= 0.3 is 0 Å². The molecule has 1 atom stereocenters. The van der Waals surface area contributed by atoms with E-state index in [9.17, 15) is 5.11 Å². The van der Waals surface area contributed by atoms with Crippen LogP contribution in [0.5, 0.6) is 0 Å². The van der Waals surface area contributed by atoms with Crippen LogP contribution in [-0.4, -0.2) is 43.4 Å². The van der Waals surface area contributed by atoms with Gasteiger partial charge in [-0.1, -0.05) is 28.1 Å². The van der Waals surface area contributed by atoms with Crippen LogP contribution in [0.4, 0.5) is 0 Å². The SMILES string of the molecule is CN(CCC(O)c1ccc(Br)cc1)CC1CCOCC1. The standard InChI is InChI=1S/C16H24BrNO2/c1-18(12-13-7-10-20-11-8-13)9-6-16(19)14-2-4-15(17)5-3-14/h2-5,13,16,19H,6-12H2,1H3. The molecule has 2 rings (SSSR count). The van der Waals surface area contributed by atoms with Crippen molar-refractivity contribution in [1.82, 2.24) is 4.90 Å². The molecule has 20 heavy (non-hydrogen) atoms. The molecule has 3 nitrogen and oxygen atoms in total. The number of rotatable bonds is 6. The first-order valence-electron chi connectivity index (χ1n) is 7.35. The summed E-state index contributed by atoms with van der Waals surface area (Å²) in [6.45, 7) is 3.84. The van der Waals surface area contributed by atoms with E-state index < -0.39 is 0 Å². The molecule has 1 saturated heterocycles. The molecule has 1 heterocycles. The second-order valence-corrected chi connectivity index (χ2v) is 6.59. The summed E-state index contributed by atoms with van der Waals surface area (Å²) >= 11 is 3.41. The minimum Gasteiger partial charge on any atom is -0.388 e. The van der Waals surface area contributed by atoms with Crippen molar-refractivity contribution in [3.63, 3.8) is 0 Å². The van der Waals surface area contributed by atoms with Crippen molar-refractivity contribution < 1.29 is 9.84 Å².